The van der Waals surface area contributed by atoms with Crippen LogP contribution in [0.1, 0.15) is 22.3 Å². The number of anilines is 3. The molecule has 9 heteroatoms. The Morgan fingerprint density at radius 3 is 1.80 bits per heavy atom. The van der Waals surface area contributed by atoms with E-state index in [2.05, 4.69) is 167 Å². The number of benzene rings is 8. The maximum absolute atomic E-state index is 5.53. The normalized spacial score (nSPS) is 15.0. The number of hydrogen-bond acceptors (Lipinski definition) is 8. The van der Waals surface area contributed by atoms with Crippen LogP contribution in [0.15, 0.2) is 244 Å². The Morgan fingerprint density at radius 2 is 1.00 bits per heavy atom. The molecule has 4 aromatic heterocycles. The Morgan fingerprint density at radius 1 is 0.380 bits per heavy atom. The van der Waals surface area contributed by atoms with Crippen LogP contribution in [0.3, 0.4) is 0 Å². The predicted molar refractivity (Wildman–Crippen MR) is 286 cm³/mol. The van der Waals surface area contributed by atoms with Crippen molar-refractivity contribution < 1.29 is 0 Å². The lowest BCUT2D eigenvalue weighted by Crippen LogP contribution is -2.32. The van der Waals surface area contributed by atoms with Gasteiger partial charge in [0.2, 0.25) is 0 Å². The molecule has 0 bridgehead atoms. The lowest BCUT2D eigenvalue weighted by atomic mass is 9.67. The Bertz CT molecular complexity index is 4080. The lowest BCUT2D eigenvalue weighted by molar-refractivity contribution is 0.711. The minimum absolute atomic E-state index is 0.505. The van der Waals surface area contributed by atoms with E-state index in [1.54, 1.807) is 0 Å². The standard InChI is InChI=1S/C62H37N7S2/c1-4-17-38(18-5-1)59-65-60(39-19-6-2-7-20-39)67-61(66-59)48-34-32-46-56(64-48)55-45(25-16-36-63-55)62(46)44-24-11-14-28-53(44)70-57-47(62)33-35-51-58(57)71-54-29-15-13-27-50(54)69(51)41-30-31-43-42-23-10-12-26-49(42)68(52(43)37-41)40-21-8-3-9-22-40/h1-37H. The van der Waals surface area contributed by atoms with Gasteiger partial charge in [-0.15, -0.1) is 0 Å². The molecule has 0 N–H and O–H groups in total. The molecule has 3 aliphatic rings. The fourth-order valence-corrected chi connectivity index (χ4v) is 13.7. The molecule has 1 atom stereocenters. The summed E-state index contributed by atoms with van der Waals surface area (Å²) in [5.74, 6) is 1.69. The smallest absolute Gasteiger partial charge is 0.182 e. The first-order chi connectivity index (χ1) is 35.2. The number of para-hydroxylation sites is 3. The Labute approximate surface area is 417 Å². The van der Waals surface area contributed by atoms with E-state index in [1.807, 2.05) is 90.4 Å². The van der Waals surface area contributed by atoms with E-state index < -0.39 is 5.41 Å². The predicted octanol–water partition coefficient (Wildman–Crippen LogP) is 15.5. The van der Waals surface area contributed by atoms with E-state index in [-0.39, 0.29) is 0 Å². The van der Waals surface area contributed by atoms with Crippen molar-refractivity contribution in [1.29, 1.82) is 0 Å². The molecular formula is C62H37N7S2. The van der Waals surface area contributed by atoms with Crippen LogP contribution >= 0.6 is 23.5 Å². The van der Waals surface area contributed by atoms with Gasteiger partial charge in [0, 0.05) is 54.2 Å². The summed E-state index contributed by atoms with van der Waals surface area (Å²) in [5, 5.41) is 2.46. The monoisotopic (exact) mass is 943 g/mol. The largest absolute Gasteiger partial charge is 0.309 e. The number of aromatic nitrogens is 6. The van der Waals surface area contributed by atoms with E-state index in [0.29, 0.717) is 23.2 Å². The topological polar surface area (TPSA) is 72.6 Å². The van der Waals surface area contributed by atoms with E-state index in [9.17, 15) is 0 Å². The summed E-state index contributed by atoms with van der Waals surface area (Å²) < 4.78 is 2.40. The van der Waals surface area contributed by atoms with Crippen molar-refractivity contribution in [1.82, 2.24) is 29.5 Å². The van der Waals surface area contributed by atoms with E-state index in [1.165, 1.54) is 47.0 Å². The average molecular weight is 944 g/mol. The highest BCUT2D eigenvalue weighted by molar-refractivity contribution is 8.02. The average Bonchev–Trinajstić information content (AvgIpc) is 3.93. The molecule has 0 fully saturated rings. The van der Waals surface area contributed by atoms with Gasteiger partial charge in [-0.3, -0.25) is 4.98 Å². The van der Waals surface area contributed by atoms with Crippen molar-refractivity contribution in [3.8, 4) is 51.4 Å². The molecule has 6 heterocycles. The highest BCUT2D eigenvalue weighted by Gasteiger charge is 2.52. The van der Waals surface area contributed by atoms with Crippen LogP contribution in [-0.4, -0.2) is 29.5 Å². The molecule has 1 aliphatic carbocycles. The first-order valence-corrected chi connectivity index (χ1v) is 25.3. The fraction of sp³-hybridized carbons (Fsp3) is 0.0161. The zero-order valence-corrected chi connectivity index (χ0v) is 39.4. The summed E-state index contributed by atoms with van der Waals surface area (Å²) in [6.45, 7) is 0. The second-order valence-corrected chi connectivity index (χ2v) is 20.1. The summed E-state index contributed by atoms with van der Waals surface area (Å²) >= 11 is 3.72. The van der Waals surface area contributed by atoms with Gasteiger partial charge in [0.05, 0.1) is 44.1 Å². The van der Waals surface area contributed by atoms with Gasteiger partial charge in [-0.25, -0.2) is 19.9 Å². The van der Waals surface area contributed by atoms with Crippen LogP contribution in [0.5, 0.6) is 0 Å². The zero-order valence-electron chi connectivity index (χ0n) is 37.8. The second-order valence-electron chi connectivity index (χ2n) is 18.0. The summed E-state index contributed by atoms with van der Waals surface area (Å²) in [7, 11) is 0. The molecule has 0 amide bonds. The maximum Gasteiger partial charge on any atom is 0.182 e. The lowest BCUT2D eigenvalue weighted by Gasteiger charge is -2.42. The Hall–Kier alpha value is -8.63. The molecule has 71 heavy (non-hydrogen) atoms. The summed E-state index contributed by atoms with van der Waals surface area (Å²) in [5.41, 5.74) is 15.0. The molecule has 8 aromatic carbocycles. The molecule has 1 spiro atoms. The van der Waals surface area contributed by atoms with Crippen LogP contribution in [0.25, 0.3) is 73.2 Å². The second kappa shape index (κ2) is 15.7. The number of hydrogen-bond donors (Lipinski definition) is 0. The van der Waals surface area contributed by atoms with E-state index >= 15 is 0 Å². The van der Waals surface area contributed by atoms with Gasteiger partial charge in [-0.1, -0.05) is 175 Å². The van der Waals surface area contributed by atoms with Gasteiger partial charge in [0.25, 0.3) is 0 Å². The van der Waals surface area contributed by atoms with Gasteiger partial charge in [-0.2, -0.15) is 0 Å². The minimum Gasteiger partial charge on any atom is -0.309 e. The highest BCUT2D eigenvalue weighted by atomic mass is 32.2. The molecule has 0 saturated heterocycles. The Kier molecular flexibility index (Phi) is 8.90. The van der Waals surface area contributed by atoms with E-state index in [0.717, 1.165) is 61.9 Å². The Balaban J connectivity index is 0.939. The minimum atomic E-state index is -0.710. The van der Waals surface area contributed by atoms with Gasteiger partial charge >= 0.3 is 0 Å². The van der Waals surface area contributed by atoms with Crippen molar-refractivity contribution in [2.45, 2.75) is 25.0 Å². The SMILES string of the molecule is c1ccc(-c2nc(-c3ccccc3)nc(-c3ccc4c(n3)-c3ncccc3C43c4ccccc4Sc4c3ccc3c4Sc4ccccc4N3c3ccc4c5ccccc5n(-c5ccccc5)c4c3)n2)cc1. The molecular weight excluding hydrogens is 907 g/mol. The summed E-state index contributed by atoms with van der Waals surface area (Å²) in [6.07, 6.45) is 1.88. The van der Waals surface area contributed by atoms with Crippen molar-refractivity contribution >= 4 is 62.4 Å². The van der Waals surface area contributed by atoms with Gasteiger partial charge in [0.15, 0.2) is 17.5 Å². The molecule has 0 saturated carbocycles. The molecule has 332 valence electrons. The summed E-state index contributed by atoms with van der Waals surface area (Å²) in [6, 6.07) is 77.6. The number of rotatable bonds is 5. The number of nitrogens with zero attached hydrogens (tertiary/aromatic N) is 7. The first kappa shape index (κ1) is 40.3. The van der Waals surface area contributed by atoms with Crippen molar-refractivity contribution in [3.63, 3.8) is 0 Å². The van der Waals surface area contributed by atoms with Crippen LogP contribution in [0.2, 0.25) is 0 Å². The molecule has 7 nitrogen and oxygen atoms in total. The molecule has 12 aromatic rings. The van der Waals surface area contributed by atoms with Gasteiger partial charge in [0.1, 0.15) is 5.69 Å². The third kappa shape index (κ3) is 5.97. The third-order valence-electron chi connectivity index (χ3n) is 14.2. The van der Waals surface area contributed by atoms with Crippen molar-refractivity contribution in [2.24, 2.45) is 0 Å². The van der Waals surface area contributed by atoms with Crippen LogP contribution in [-0.2, 0) is 5.41 Å². The van der Waals surface area contributed by atoms with E-state index in [4.69, 9.17) is 24.9 Å². The first-order valence-electron chi connectivity index (χ1n) is 23.7. The highest BCUT2D eigenvalue weighted by Crippen LogP contribution is 2.65. The number of pyridine rings is 2. The van der Waals surface area contributed by atoms with Gasteiger partial charge in [-0.05, 0) is 89.0 Å². The van der Waals surface area contributed by atoms with Crippen LogP contribution in [0, 0.1) is 0 Å². The van der Waals surface area contributed by atoms with Crippen molar-refractivity contribution in [3.05, 3.63) is 247 Å². The van der Waals surface area contributed by atoms with Crippen LogP contribution in [0.4, 0.5) is 17.1 Å². The van der Waals surface area contributed by atoms with Crippen molar-refractivity contribution in [2.75, 3.05) is 4.90 Å². The quantitative estimate of drug-likeness (QED) is 0.169. The summed E-state index contributed by atoms with van der Waals surface area (Å²) in [4.78, 5) is 33.2. The molecule has 15 rings (SSSR count). The fourth-order valence-electron chi connectivity index (χ4n) is 11.2. The van der Waals surface area contributed by atoms with Gasteiger partial charge < -0.3 is 9.47 Å². The molecule has 2 aliphatic heterocycles. The molecule has 1 unspecified atom stereocenters. The maximum atomic E-state index is 5.53. The zero-order chi connectivity index (χ0) is 46.6. The molecule has 0 radical (unpaired) electrons. The number of fused-ring (bicyclic) bond motifs is 15. The third-order valence-corrected chi connectivity index (χ3v) is 16.7. The van der Waals surface area contributed by atoms with Crippen LogP contribution < -0.4 is 4.90 Å².